The molecule has 3 aromatic rings. The van der Waals surface area contributed by atoms with Gasteiger partial charge in [0.25, 0.3) is 0 Å². The maximum atomic E-state index is 4.82. The SMILES string of the molecule is c1cncc(-c2nc3c(c(NCCCn4cncn4)n2)CCNCC3)c1. The van der Waals surface area contributed by atoms with E-state index in [1.54, 1.807) is 18.9 Å². The summed E-state index contributed by atoms with van der Waals surface area (Å²) in [6.45, 7) is 3.55. The molecular formula is C18H22N8. The first-order chi connectivity index (χ1) is 12.9. The fraction of sp³-hybridized carbons (Fsp3) is 0.389. The number of nitrogens with zero attached hydrogens (tertiary/aromatic N) is 6. The minimum absolute atomic E-state index is 0.734. The summed E-state index contributed by atoms with van der Waals surface area (Å²) in [7, 11) is 0. The predicted octanol–water partition coefficient (Wildman–Crippen LogP) is 1.32. The molecular weight excluding hydrogens is 328 g/mol. The van der Waals surface area contributed by atoms with E-state index < -0.39 is 0 Å². The third-order valence-electron chi connectivity index (χ3n) is 4.43. The molecule has 0 aliphatic carbocycles. The van der Waals surface area contributed by atoms with E-state index in [2.05, 4.69) is 25.7 Å². The lowest BCUT2D eigenvalue weighted by molar-refractivity contribution is 0.589. The highest BCUT2D eigenvalue weighted by atomic mass is 15.3. The average Bonchev–Trinajstić information content (AvgIpc) is 3.09. The van der Waals surface area contributed by atoms with Crippen molar-refractivity contribution in [2.24, 2.45) is 0 Å². The summed E-state index contributed by atoms with van der Waals surface area (Å²) in [6, 6.07) is 3.91. The molecule has 3 aromatic heterocycles. The topological polar surface area (TPSA) is 93.4 Å². The van der Waals surface area contributed by atoms with E-state index in [1.807, 2.05) is 23.0 Å². The molecule has 4 rings (SSSR count). The Kier molecular flexibility index (Phi) is 5.11. The van der Waals surface area contributed by atoms with Crippen LogP contribution in [0.5, 0.6) is 0 Å². The van der Waals surface area contributed by atoms with Crippen LogP contribution in [0.1, 0.15) is 17.7 Å². The number of aryl methyl sites for hydroxylation is 1. The Balaban J connectivity index is 1.55. The van der Waals surface area contributed by atoms with Gasteiger partial charge >= 0.3 is 0 Å². The van der Waals surface area contributed by atoms with Crippen molar-refractivity contribution in [3.8, 4) is 11.4 Å². The predicted molar refractivity (Wildman–Crippen MR) is 98.7 cm³/mol. The van der Waals surface area contributed by atoms with Gasteiger partial charge in [-0.1, -0.05) is 0 Å². The van der Waals surface area contributed by atoms with Gasteiger partial charge in [0.15, 0.2) is 5.82 Å². The molecule has 8 heteroatoms. The standard InChI is InChI=1S/C18H22N8/c1-3-14(11-20-6-1)17-24-16-5-9-19-8-4-15(16)18(25-17)22-7-2-10-26-13-21-12-23-26/h1,3,6,11-13,19H,2,4-5,7-10H2,(H,22,24,25). The zero-order valence-electron chi connectivity index (χ0n) is 14.6. The van der Waals surface area contributed by atoms with Crippen LogP contribution in [0.2, 0.25) is 0 Å². The Morgan fingerprint density at radius 3 is 2.96 bits per heavy atom. The van der Waals surface area contributed by atoms with Gasteiger partial charge in [-0.2, -0.15) is 5.10 Å². The normalized spacial score (nSPS) is 13.8. The van der Waals surface area contributed by atoms with Crippen molar-refractivity contribution in [1.29, 1.82) is 0 Å². The number of hydrogen-bond donors (Lipinski definition) is 2. The van der Waals surface area contributed by atoms with Gasteiger partial charge < -0.3 is 10.6 Å². The fourth-order valence-electron chi connectivity index (χ4n) is 3.11. The van der Waals surface area contributed by atoms with Crippen LogP contribution in [-0.2, 0) is 19.4 Å². The summed E-state index contributed by atoms with van der Waals surface area (Å²) >= 11 is 0. The van der Waals surface area contributed by atoms with E-state index in [1.165, 1.54) is 5.56 Å². The number of fused-ring (bicyclic) bond motifs is 1. The summed E-state index contributed by atoms with van der Waals surface area (Å²) in [6.07, 6.45) is 9.68. The van der Waals surface area contributed by atoms with Crippen LogP contribution in [-0.4, -0.2) is 49.4 Å². The molecule has 0 radical (unpaired) electrons. The summed E-state index contributed by atoms with van der Waals surface area (Å²) in [5, 5.41) is 11.1. The molecule has 0 fully saturated rings. The third kappa shape index (κ3) is 3.85. The van der Waals surface area contributed by atoms with Crippen molar-refractivity contribution in [3.05, 3.63) is 48.4 Å². The minimum atomic E-state index is 0.734. The van der Waals surface area contributed by atoms with E-state index in [-0.39, 0.29) is 0 Å². The number of pyridine rings is 1. The number of hydrogen-bond acceptors (Lipinski definition) is 7. The summed E-state index contributed by atoms with van der Waals surface area (Å²) in [5.74, 6) is 1.67. The van der Waals surface area contributed by atoms with Gasteiger partial charge in [-0.15, -0.1) is 0 Å². The number of aromatic nitrogens is 6. The van der Waals surface area contributed by atoms with Crippen molar-refractivity contribution in [2.45, 2.75) is 25.8 Å². The number of nitrogens with one attached hydrogen (secondary N) is 2. The Bertz CT molecular complexity index is 832. The highest BCUT2D eigenvalue weighted by Gasteiger charge is 2.17. The largest absolute Gasteiger partial charge is 0.370 e. The zero-order valence-corrected chi connectivity index (χ0v) is 14.6. The van der Waals surface area contributed by atoms with Crippen LogP contribution >= 0.6 is 0 Å². The smallest absolute Gasteiger partial charge is 0.163 e. The maximum absolute atomic E-state index is 4.82. The summed E-state index contributed by atoms with van der Waals surface area (Å²) in [5.41, 5.74) is 3.30. The van der Waals surface area contributed by atoms with Gasteiger partial charge in [0, 0.05) is 49.6 Å². The van der Waals surface area contributed by atoms with Gasteiger partial charge in [-0.05, 0) is 31.5 Å². The van der Waals surface area contributed by atoms with Crippen LogP contribution in [0.25, 0.3) is 11.4 Å². The molecule has 0 atom stereocenters. The van der Waals surface area contributed by atoms with E-state index >= 15 is 0 Å². The second kappa shape index (κ2) is 8.01. The van der Waals surface area contributed by atoms with Crippen molar-refractivity contribution in [3.63, 3.8) is 0 Å². The third-order valence-corrected chi connectivity index (χ3v) is 4.43. The Morgan fingerprint density at radius 2 is 2.12 bits per heavy atom. The molecule has 0 saturated heterocycles. The van der Waals surface area contributed by atoms with Crippen LogP contribution in [0.3, 0.4) is 0 Å². The first-order valence-electron chi connectivity index (χ1n) is 8.97. The lowest BCUT2D eigenvalue weighted by Crippen LogP contribution is -2.16. The molecule has 4 heterocycles. The minimum Gasteiger partial charge on any atom is -0.370 e. The van der Waals surface area contributed by atoms with E-state index in [4.69, 9.17) is 9.97 Å². The quantitative estimate of drug-likeness (QED) is 0.648. The molecule has 26 heavy (non-hydrogen) atoms. The molecule has 1 aliphatic heterocycles. The van der Waals surface area contributed by atoms with Crippen molar-refractivity contribution < 1.29 is 0 Å². The second-order valence-corrected chi connectivity index (χ2v) is 6.25. The second-order valence-electron chi connectivity index (χ2n) is 6.25. The van der Waals surface area contributed by atoms with Crippen LogP contribution in [0.4, 0.5) is 5.82 Å². The molecule has 0 aromatic carbocycles. The monoisotopic (exact) mass is 350 g/mol. The Labute approximate surface area is 152 Å². The molecule has 0 amide bonds. The first-order valence-corrected chi connectivity index (χ1v) is 8.97. The Morgan fingerprint density at radius 1 is 1.15 bits per heavy atom. The van der Waals surface area contributed by atoms with E-state index in [0.29, 0.717) is 0 Å². The fourth-order valence-corrected chi connectivity index (χ4v) is 3.11. The highest BCUT2D eigenvalue weighted by molar-refractivity contribution is 5.59. The Hall–Kier alpha value is -2.87. The average molecular weight is 350 g/mol. The van der Waals surface area contributed by atoms with Crippen molar-refractivity contribution in [2.75, 3.05) is 25.0 Å². The lowest BCUT2D eigenvalue weighted by Gasteiger charge is -2.15. The molecule has 0 spiro atoms. The number of rotatable bonds is 6. The van der Waals surface area contributed by atoms with Gasteiger partial charge in [0.05, 0.1) is 5.69 Å². The maximum Gasteiger partial charge on any atom is 0.163 e. The summed E-state index contributed by atoms with van der Waals surface area (Å²) < 4.78 is 1.84. The molecule has 0 bridgehead atoms. The molecule has 0 unspecified atom stereocenters. The van der Waals surface area contributed by atoms with Crippen LogP contribution < -0.4 is 10.6 Å². The number of anilines is 1. The van der Waals surface area contributed by atoms with Crippen molar-refractivity contribution in [1.82, 2.24) is 35.0 Å². The van der Waals surface area contributed by atoms with Gasteiger partial charge in [0.2, 0.25) is 0 Å². The van der Waals surface area contributed by atoms with Crippen molar-refractivity contribution >= 4 is 5.82 Å². The van der Waals surface area contributed by atoms with Gasteiger partial charge in [0.1, 0.15) is 18.5 Å². The highest BCUT2D eigenvalue weighted by Crippen LogP contribution is 2.24. The van der Waals surface area contributed by atoms with Gasteiger partial charge in [-0.3, -0.25) is 9.67 Å². The summed E-state index contributed by atoms with van der Waals surface area (Å²) in [4.78, 5) is 17.8. The molecule has 0 saturated carbocycles. The van der Waals surface area contributed by atoms with Gasteiger partial charge in [-0.25, -0.2) is 15.0 Å². The van der Waals surface area contributed by atoms with E-state index in [0.717, 1.165) is 68.3 Å². The molecule has 8 nitrogen and oxygen atoms in total. The molecule has 134 valence electrons. The molecule has 2 N–H and O–H groups in total. The molecule has 1 aliphatic rings. The zero-order chi connectivity index (χ0) is 17.6. The lowest BCUT2D eigenvalue weighted by atomic mass is 10.1. The first kappa shape index (κ1) is 16.6. The van der Waals surface area contributed by atoms with Crippen LogP contribution in [0, 0.1) is 0 Å². The van der Waals surface area contributed by atoms with Crippen LogP contribution in [0.15, 0.2) is 37.2 Å². The van der Waals surface area contributed by atoms with E-state index in [9.17, 15) is 0 Å².